The minimum Gasteiger partial charge on any atom is -0.309 e. The molecular formula is C49H33F3N4. The zero-order valence-electron chi connectivity index (χ0n) is 31.0. The van der Waals surface area contributed by atoms with E-state index in [4.69, 9.17) is 0 Å². The topological polar surface area (TPSA) is 57.4 Å². The van der Waals surface area contributed by atoms with E-state index in [1.165, 1.54) is 12.1 Å². The van der Waals surface area contributed by atoms with Gasteiger partial charge in [0.25, 0.3) is 0 Å². The van der Waals surface area contributed by atoms with Gasteiger partial charge in [-0.3, -0.25) is 0 Å². The first kappa shape index (κ1) is 34.7. The van der Waals surface area contributed by atoms with Crippen LogP contribution in [0, 0.1) is 50.4 Å². The molecule has 0 aliphatic carbocycles. The highest BCUT2D eigenvalue weighted by molar-refractivity contribution is 6.12. The van der Waals surface area contributed by atoms with Crippen LogP contribution in [0.5, 0.6) is 0 Å². The number of aromatic nitrogens is 2. The van der Waals surface area contributed by atoms with Crippen LogP contribution < -0.4 is 0 Å². The maximum absolute atomic E-state index is 14.7. The van der Waals surface area contributed by atoms with E-state index < -0.39 is 11.7 Å². The quantitative estimate of drug-likeness (QED) is 0.181. The molecule has 0 amide bonds. The molecule has 0 radical (unpaired) electrons. The summed E-state index contributed by atoms with van der Waals surface area (Å²) in [5.74, 6) is 0. The number of benzene rings is 7. The minimum absolute atomic E-state index is 0.0316. The van der Waals surface area contributed by atoms with E-state index in [-0.39, 0.29) is 11.1 Å². The zero-order chi connectivity index (χ0) is 39.0. The second kappa shape index (κ2) is 12.8. The largest absolute Gasteiger partial charge is 0.417 e. The number of halogens is 3. The first-order chi connectivity index (χ1) is 26.9. The Morgan fingerprint density at radius 3 is 1.32 bits per heavy atom. The maximum atomic E-state index is 14.7. The van der Waals surface area contributed by atoms with E-state index in [2.05, 4.69) is 89.7 Å². The molecule has 0 N–H and O–H groups in total. The van der Waals surface area contributed by atoms with E-state index in [0.717, 1.165) is 88.7 Å². The standard InChI is InChI=1S/C49H33F3N4/c1-28-5-14-43-37(19-28)38-20-29(2)6-15-44(38)55(43)47-18-10-32(26-53)23-41(47)36-13-11-34(35-12-9-33(27-54)24-42(35)49(50,51)52)25-48(36)56-45-16-7-30(3)21-39(45)40-22-31(4)8-17-46(40)56/h5-25H,1-4H3. The number of hydrogen-bond acceptors (Lipinski definition) is 2. The van der Waals surface area contributed by atoms with Gasteiger partial charge >= 0.3 is 6.18 Å². The zero-order valence-corrected chi connectivity index (χ0v) is 31.0. The molecule has 0 unspecified atom stereocenters. The van der Waals surface area contributed by atoms with Gasteiger partial charge in [-0.25, -0.2) is 0 Å². The molecule has 4 nitrogen and oxygen atoms in total. The van der Waals surface area contributed by atoms with Crippen molar-refractivity contribution in [3.63, 3.8) is 0 Å². The average Bonchev–Trinajstić information content (AvgIpc) is 3.67. The molecule has 0 bridgehead atoms. The molecule has 0 saturated heterocycles. The van der Waals surface area contributed by atoms with Gasteiger partial charge < -0.3 is 9.13 Å². The summed E-state index contributed by atoms with van der Waals surface area (Å²) in [6.45, 7) is 8.24. The van der Waals surface area contributed by atoms with Crippen LogP contribution in [-0.4, -0.2) is 9.13 Å². The predicted molar refractivity (Wildman–Crippen MR) is 219 cm³/mol. The van der Waals surface area contributed by atoms with Crippen molar-refractivity contribution in [3.8, 4) is 45.8 Å². The third-order valence-corrected chi connectivity index (χ3v) is 10.8. The second-order valence-corrected chi connectivity index (χ2v) is 14.7. The highest BCUT2D eigenvalue weighted by atomic mass is 19.4. The first-order valence-corrected chi connectivity index (χ1v) is 18.3. The fraction of sp³-hybridized carbons (Fsp3) is 0.102. The number of rotatable bonds is 4. The highest BCUT2D eigenvalue weighted by Crippen LogP contribution is 2.45. The van der Waals surface area contributed by atoms with Crippen LogP contribution in [-0.2, 0) is 6.18 Å². The van der Waals surface area contributed by atoms with Crippen molar-refractivity contribution in [2.24, 2.45) is 0 Å². The van der Waals surface area contributed by atoms with Gasteiger partial charge in [0.1, 0.15) is 0 Å². The van der Waals surface area contributed by atoms with Gasteiger partial charge in [0.2, 0.25) is 0 Å². The summed E-state index contributed by atoms with van der Waals surface area (Å²) in [5, 5.41) is 24.0. The fourth-order valence-electron chi connectivity index (χ4n) is 8.25. The van der Waals surface area contributed by atoms with Crippen molar-refractivity contribution < 1.29 is 13.2 Å². The monoisotopic (exact) mass is 734 g/mol. The van der Waals surface area contributed by atoms with Crippen LogP contribution in [0.15, 0.2) is 127 Å². The average molecular weight is 735 g/mol. The smallest absolute Gasteiger partial charge is 0.309 e. The summed E-state index contributed by atoms with van der Waals surface area (Å²) >= 11 is 0. The first-order valence-electron chi connectivity index (χ1n) is 18.3. The predicted octanol–water partition coefficient (Wildman–Crippen LogP) is 13.2. The Morgan fingerprint density at radius 2 is 0.857 bits per heavy atom. The molecule has 0 aliphatic heterocycles. The number of nitrogens with zero attached hydrogens (tertiary/aromatic N) is 4. The lowest BCUT2D eigenvalue weighted by Crippen LogP contribution is -2.08. The molecule has 2 heterocycles. The normalized spacial score (nSPS) is 11.8. The highest BCUT2D eigenvalue weighted by Gasteiger charge is 2.34. The van der Waals surface area contributed by atoms with Crippen LogP contribution >= 0.6 is 0 Å². The van der Waals surface area contributed by atoms with E-state index in [1.54, 1.807) is 6.07 Å². The minimum atomic E-state index is -4.70. The van der Waals surface area contributed by atoms with Gasteiger partial charge in [0.05, 0.1) is 62.3 Å². The molecule has 0 saturated carbocycles. The van der Waals surface area contributed by atoms with Crippen LogP contribution in [0.2, 0.25) is 0 Å². The summed E-state index contributed by atoms with van der Waals surface area (Å²) < 4.78 is 48.5. The van der Waals surface area contributed by atoms with Crippen LogP contribution in [0.25, 0.3) is 77.2 Å². The Hall–Kier alpha value is -7.09. The lowest BCUT2D eigenvalue weighted by molar-refractivity contribution is -0.137. The van der Waals surface area contributed by atoms with Crippen molar-refractivity contribution in [2.45, 2.75) is 33.9 Å². The fourth-order valence-corrected chi connectivity index (χ4v) is 8.25. The Bertz CT molecular complexity index is 3080. The molecule has 7 heteroatoms. The summed E-state index contributed by atoms with van der Waals surface area (Å²) in [6.07, 6.45) is -4.70. The molecule has 0 aliphatic rings. The van der Waals surface area contributed by atoms with Gasteiger partial charge in [-0.2, -0.15) is 23.7 Å². The molecule has 0 atom stereocenters. The molecule has 0 fully saturated rings. The van der Waals surface area contributed by atoms with Crippen LogP contribution in [0.3, 0.4) is 0 Å². The molecule has 56 heavy (non-hydrogen) atoms. The van der Waals surface area contributed by atoms with Crippen molar-refractivity contribution in [1.82, 2.24) is 9.13 Å². The lowest BCUT2D eigenvalue weighted by atomic mass is 9.92. The molecule has 9 aromatic rings. The number of aryl methyl sites for hydroxylation is 4. The molecule has 0 spiro atoms. The van der Waals surface area contributed by atoms with Crippen molar-refractivity contribution in [3.05, 3.63) is 166 Å². The Labute approximate surface area is 321 Å². The molecule has 7 aromatic carbocycles. The van der Waals surface area contributed by atoms with Crippen molar-refractivity contribution in [2.75, 3.05) is 0 Å². The molecule has 2 aromatic heterocycles. The van der Waals surface area contributed by atoms with Crippen LogP contribution in [0.1, 0.15) is 38.9 Å². The van der Waals surface area contributed by atoms with Gasteiger partial charge in [-0.1, -0.05) is 64.7 Å². The van der Waals surface area contributed by atoms with Gasteiger partial charge in [-0.15, -0.1) is 0 Å². The number of nitriles is 2. The second-order valence-electron chi connectivity index (χ2n) is 14.7. The Balaban J connectivity index is 1.43. The number of alkyl halides is 3. The summed E-state index contributed by atoms with van der Waals surface area (Å²) in [6, 6.07) is 44.2. The Kier molecular flexibility index (Phi) is 7.90. The van der Waals surface area contributed by atoms with E-state index in [9.17, 15) is 23.7 Å². The lowest BCUT2D eigenvalue weighted by Gasteiger charge is -2.21. The van der Waals surface area contributed by atoms with E-state index in [1.807, 2.05) is 62.4 Å². The maximum Gasteiger partial charge on any atom is 0.417 e. The molecular weight excluding hydrogens is 702 g/mol. The summed E-state index contributed by atoms with van der Waals surface area (Å²) in [7, 11) is 0. The van der Waals surface area contributed by atoms with E-state index >= 15 is 0 Å². The summed E-state index contributed by atoms with van der Waals surface area (Å²) in [4.78, 5) is 0. The van der Waals surface area contributed by atoms with E-state index in [0.29, 0.717) is 16.8 Å². The number of fused-ring (bicyclic) bond motifs is 6. The third kappa shape index (κ3) is 5.51. The van der Waals surface area contributed by atoms with Gasteiger partial charge in [0, 0.05) is 32.7 Å². The van der Waals surface area contributed by atoms with Crippen molar-refractivity contribution in [1.29, 1.82) is 10.5 Å². The summed E-state index contributed by atoms with van der Waals surface area (Å²) in [5.41, 5.74) is 11.0. The SMILES string of the molecule is Cc1ccc2c(c1)c1cc(C)ccc1n2-c1ccc(C#N)cc1-c1ccc(-c2ccc(C#N)cc2C(F)(F)F)cc1-n1c2ccc(C)cc2c2cc(C)ccc21. The third-order valence-electron chi connectivity index (χ3n) is 10.8. The van der Waals surface area contributed by atoms with Gasteiger partial charge in [-0.05, 0) is 124 Å². The van der Waals surface area contributed by atoms with Crippen LogP contribution in [0.4, 0.5) is 13.2 Å². The van der Waals surface area contributed by atoms with Crippen molar-refractivity contribution >= 4 is 43.6 Å². The number of hydrogen-bond donors (Lipinski definition) is 0. The molecule has 9 rings (SSSR count). The van der Waals surface area contributed by atoms with Gasteiger partial charge in [0.15, 0.2) is 0 Å². The molecule has 270 valence electrons. The Morgan fingerprint density at radius 1 is 0.429 bits per heavy atom.